The van der Waals surface area contributed by atoms with Gasteiger partial charge in [-0.15, -0.1) is 0 Å². The van der Waals surface area contributed by atoms with Crippen LogP contribution in [0.15, 0.2) is 42.9 Å². The monoisotopic (exact) mass is 351 g/mol. The zero-order valence-corrected chi connectivity index (χ0v) is 14.0. The van der Waals surface area contributed by atoms with Crippen LogP contribution in [0.25, 0.3) is 0 Å². The number of carbonyl (C=O) groups excluding carboxylic acids is 3. The van der Waals surface area contributed by atoms with Crippen LogP contribution in [0.3, 0.4) is 0 Å². The Bertz CT molecular complexity index is 831. The second-order valence-electron chi connectivity index (χ2n) is 6.31. The van der Waals surface area contributed by atoms with Crippen molar-refractivity contribution < 1.29 is 14.4 Å². The second kappa shape index (κ2) is 6.55. The maximum atomic E-state index is 12.3. The minimum atomic E-state index is -0.203. The van der Waals surface area contributed by atoms with Gasteiger partial charge in [0.1, 0.15) is 5.82 Å². The number of carbonyl (C=O) groups is 3. The first-order valence-corrected chi connectivity index (χ1v) is 8.39. The molecule has 1 aromatic carbocycles. The molecule has 26 heavy (non-hydrogen) atoms. The highest BCUT2D eigenvalue weighted by Crippen LogP contribution is 2.23. The fraction of sp³-hybridized carbons (Fsp3) is 0.278. The van der Waals surface area contributed by atoms with E-state index in [0.717, 1.165) is 5.82 Å². The first-order valence-electron chi connectivity index (χ1n) is 8.39. The molecule has 8 nitrogen and oxygen atoms in total. The van der Waals surface area contributed by atoms with E-state index in [1.165, 1.54) is 4.90 Å². The minimum absolute atomic E-state index is 0.0471. The normalized spacial score (nSPS) is 17.4. The minimum Gasteiger partial charge on any atom is -0.351 e. The van der Waals surface area contributed by atoms with E-state index >= 15 is 0 Å². The number of rotatable bonds is 4. The molecule has 0 spiro atoms. The lowest BCUT2D eigenvalue weighted by atomic mass is 10.1. The van der Waals surface area contributed by atoms with Crippen LogP contribution in [-0.4, -0.2) is 46.8 Å². The van der Waals surface area contributed by atoms with E-state index in [0.29, 0.717) is 24.3 Å². The Morgan fingerprint density at radius 1 is 1.04 bits per heavy atom. The van der Waals surface area contributed by atoms with Crippen molar-refractivity contribution in [1.29, 1.82) is 0 Å². The lowest BCUT2D eigenvalue weighted by Crippen LogP contribution is -2.59. The van der Waals surface area contributed by atoms with Crippen LogP contribution in [0.5, 0.6) is 0 Å². The summed E-state index contributed by atoms with van der Waals surface area (Å²) in [5.41, 5.74) is 0.998. The molecule has 1 N–H and O–H groups in total. The lowest BCUT2D eigenvalue weighted by Gasteiger charge is -2.40. The summed E-state index contributed by atoms with van der Waals surface area (Å²) in [6.45, 7) is 1.36. The molecule has 2 aromatic rings. The van der Waals surface area contributed by atoms with Gasteiger partial charge in [-0.25, -0.2) is 4.98 Å². The van der Waals surface area contributed by atoms with E-state index in [4.69, 9.17) is 0 Å². The van der Waals surface area contributed by atoms with Crippen molar-refractivity contribution in [3.05, 3.63) is 48.4 Å². The predicted molar refractivity (Wildman–Crippen MR) is 93.7 cm³/mol. The number of anilines is 2. The standard InChI is InChI=1S/C18H17N5O3/c24-16-5-6-17(25)23(16)14-3-1-12(2-4-14)18(26)21-13-10-22(11-13)15-9-19-7-8-20-15/h1-4,7-9,13H,5-6,10-11H2,(H,21,26). The van der Waals surface area contributed by atoms with Gasteiger partial charge in [-0.3, -0.25) is 24.3 Å². The lowest BCUT2D eigenvalue weighted by molar-refractivity contribution is -0.121. The van der Waals surface area contributed by atoms with E-state index in [1.807, 2.05) is 4.90 Å². The molecule has 2 aliphatic heterocycles. The van der Waals surface area contributed by atoms with Gasteiger partial charge in [0.25, 0.3) is 5.91 Å². The highest BCUT2D eigenvalue weighted by atomic mass is 16.2. The van der Waals surface area contributed by atoms with Crippen LogP contribution < -0.4 is 15.1 Å². The molecular weight excluding hydrogens is 334 g/mol. The van der Waals surface area contributed by atoms with Gasteiger partial charge in [0, 0.05) is 43.9 Å². The third kappa shape index (κ3) is 3.01. The van der Waals surface area contributed by atoms with Gasteiger partial charge >= 0.3 is 0 Å². The molecule has 0 saturated carbocycles. The fourth-order valence-electron chi connectivity index (χ4n) is 3.11. The van der Waals surface area contributed by atoms with Crippen LogP contribution in [0.1, 0.15) is 23.2 Å². The van der Waals surface area contributed by atoms with Crippen LogP contribution >= 0.6 is 0 Å². The summed E-state index contributed by atoms with van der Waals surface area (Å²) in [5.74, 6) is 0.207. The summed E-state index contributed by atoms with van der Waals surface area (Å²) < 4.78 is 0. The smallest absolute Gasteiger partial charge is 0.251 e. The van der Waals surface area contributed by atoms with Gasteiger partial charge in [-0.1, -0.05) is 0 Å². The molecule has 4 rings (SSSR count). The van der Waals surface area contributed by atoms with E-state index in [-0.39, 0.29) is 36.6 Å². The molecule has 0 atom stereocenters. The maximum Gasteiger partial charge on any atom is 0.251 e. The molecule has 3 amide bonds. The molecule has 1 aromatic heterocycles. The third-order valence-electron chi connectivity index (χ3n) is 4.53. The van der Waals surface area contributed by atoms with Crippen molar-refractivity contribution in [2.24, 2.45) is 0 Å². The summed E-state index contributed by atoms with van der Waals surface area (Å²) in [5, 5.41) is 2.96. The van der Waals surface area contributed by atoms with Gasteiger partial charge in [-0.2, -0.15) is 0 Å². The Balaban J connectivity index is 1.34. The molecule has 0 radical (unpaired) electrons. The molecule has 132 valence electrons. The maximum absolute atomic E-state index is 12.3. The Kier molecular flexibility index (Phi) is 4.08. The van der Waals surface area contributed by atoms with Crippen LogP contribution in [0.4, 0.5) is 11.5 Å². The number of benzene rings is 1. The summed E-state index contributed by atoms with van der Waals surface area (Å²) >= 11 is 0. The zero-order chi connectivity index (χ0) is 18.1. The number of nitrogens with one attached hydrogen (secondary N) is 1. The number of imide groups is 1. The number of amides is 3. The van der Waals surface area contributed by atoms with Crippen molar-refractivity contribution in [3.63, 3.8) is 0 Å². The zero-order valence-electron chi connectivity index (χ0n) is 14.0. The summed E-state index contributed by atoms with van der Waals surface area (Å²) in [7, 11) is 0. The molecule has 2 fully saturated rings. The van der Waals surface area contributed by atoms with Gasteiger partial charge < -0.3 is 10.2 Å². The van der Waals surface area contributed by atoms with Gasteiger partial charge in [-0.05, 0) is 24.3 Å². The van der Waals surface area contributed by atoms with Crippen LogP contribution in [0.2, 0.25) is 0 Å². The predicted octanol–water partition coefficient (Wildman–Crippen LogP) is 0.749. The average molecular weight is 351 g/mol. The topological polar surface area (TPSA) is 95.5 Å². The average Bonchev–Trinajstić information content (AvgIpc) is 2.97. The second-order valence-corrected chi connectivity index (χ2v) is 6.31. The summed E-state index contributed by atoms with van der Waals surface area (Å²) in [6.07, 6.45) is 5.43. The largest absolute Gasteiger partial charge is 0.351 e. The molecule has 8 heteroatoms. The van der Waals surface area contributed by atoms with Gasteiger partial charge in [0.15, 0.2) is 0 Å². The van der Waals surface area contributed by atoms with Crippen molar-refractivity contribution in [2.45, 2.75) is 18.9 Å². The molecule has 2 aliphatic rings. The molecule has 0 bridgehead atoms. The summed E-state index contributed by atoms with van der Waals surface area (Å²) in [4.78, 5) is 47.3. The van der Waals surface area contributed by atoms with E-state index in [9.17, 15) is 14.4 Å². The van der Waals surface area contributed by atoms with E-state index in [1.54, 1.807) is 42.9 Å². The first kappa shape index (κ1) is 16.2. The summed E-state index contributed by atoms with van der Waals surface area (Å²) in [6, 6.07) is 6.56. The van der Waals surface area contributed by atoms with Gasteiger partial charge in [0.2, 0.25) is 11.8 Å². The Hall–Kier alpha value is -3.29. The van der Waals surface area contributed by atoms with Crippen LogP contribution in [-0.2, 0) is 9.59 Å². The highest BCUT2D eigenvalue weighted by Gasteiger charge is 2.31. The quantitative estimate of drug-likeness (QED) is 0.817. The van der Waals surface area contributed by atoms with Crippen molar-refractivity contribution in [2.75, 3.05) is 22.9 Å². The Morgan fingerprint density at radius 2 is 1.73 bits per heavy atom. The number of aromatic nitrogens is 2. The van der Waals surface area contributed by atoms with Crippen LogP contribution in [0, 0.1) is 0 Å². The van der Waals surface area contributed by atoms with Crippen molar-refractivity contribution >= 4 is 29.2 Å². The van der Waals surface area contributed by atoms with Crippen molar-refractivity contribution in [3.8, 4) is 0 Å². The molecular formula is C18H17N5O3. The Morgan fingerprint density at radius 3 is 2.35 bits per heavy atom. The molecule has 2 saturated heterocycles. The van der Waals surface area contributed by atoms with Gasteiger partial charge in [0.05, 0.1) is 17.9 Å². The number of nitrogens with zero attached hydrogens (tertiary/aromatic N) is 4. The SMILES string of the molecule is O=C(NC1CN(c2cnccn2)C1)c1ccc(N2C(=O)CCC2=O)cc1. The number of hydrogen-bond acceptors (Lipinski definition) is 6. The van der Waals surface area contributed by atoms with Crippen molar-refractivity contribution in [1.82, 2.24) is 15.3 Å². The molecule has 0 aliphatic carbocycles. The Labute approximate surface area is 149 Å². The first-order chi connectivity index (χ1) is 12.6. The third-order valence-corrected chi connectivity index (χ3v) is 4.53. The van der Waals surface area contributed by atoms with E-state index < -0.39 is 0 Å². The highest BCUT2D eigenvalue weighted by molar-refractivity contribution is 6.19. The molecule has 3 heterocycles. The number of hydrogen-bond donors (Lipinski definition) is 1. The fourth-order valence-corrected chi connectivity index (χ4v) is 3.11. The van der Waals surface area contributed by atoms with E-state index in [2.05, 4.69) is 15.3 Å². The molecule has 0 unspecified atom stereocenters.